The van der Waals surface area contributed by atoms with Crippen LogP contribution >= 0.6 is 0 Å². The lowest BCUT2D eigenvalue weighted by molar-refractivity contribution is -0.148. The van der Waals surface area contributed by atoms with Gasteiger partial charge in [-0.1, -0.05) is 0 Å². The molecule has 1 unspecified atom stereocenters. The minimum atomic E-state index is -3.80. The summed E-state index contributed by atoms with van der Waals surface area (Å²) in [6, 6.07) is -0.851. The molecule has 0 bridgehead atoms. The van der Waals surface area contributed by atoms with Gasteiger partial charge in [-0.05, 0) is 13.8 Å². The number of carbonyl (C=O) groups excluding carboxylic acids is 1. The lowest BCUT2D eigenvalue weighted by Crippen LogP contribution is -2.57. The van der Waals surface area contributed by atoms with Crippen molar-refractivity contribution in [3.05, 3.63) is 12.5 Å². The lowest BCUT2D eigenvalue weighted by Gasteiger charge is -2.32. The first kappa shape index (κ1) is 15.9. The second-order valence-electron chi connectivity index (χ2n) is 4.63. The van der Waals surface area contributed by atoms with Crippen LogP contribution in [0.1, 0.15) is 13.8 Å². The number of esters is 1. The molecule has 1 fully saturated rings. The highest BCUT2D eigenvalue weighted by Crippen LogP contribution is 2.18. The molecule has 2 rings (SSSR count). The van der Waals surface area contributed by atoms with Crippen molar-refractivity contribution in [2.45, 2.75) is 31.5 Å². The summed E-state index contributed by atoms with van der Waals surface area (Å²) in [7, 11) is -3.80. The average molecular weight is 316 g/mol. The van der Waals surface area contributed by atoms with Gasteiger partial charge in [0, 0.05) is 32.4 Å². The molecule has 1 aliphatic rings. The summed E-state index contributed by atoms with van der Waals surface area (Å²) in [6.45, 7) is 5.38. The maximum Gasteiger partial charge on any atom is 0.325 e. The summed E-state index contributed by atoms with van der Waals surface area (Å²) >= 11 is 0. The zero-order chi connectivity index (χ0) is 15.5. The van der Waals surface area contributed by atoms with Gasteiger partial charge in [0.2, 0.25) is 0 Å². The highest BCUT2D eigenvalue weighted by atomic mass is 32.2. The largest absolute Gasteiger partial charge is 0.465 e. The highest BCUT2D eigenvalue weighted by Gasteiger charge is 2.39. The number of ether oxygens (including phenoxy) is 1. The molecule has 0 aliphatic carbocycles. The Hall–Kier alpha value is -1.45. The molecule has 0 saturated carbocycles. The SMILES string of the molecule is CCOC(=O)C1CNCCN1S(=O)(=O)c1cn(CC)cn1. The van der Waals surface area contributed by atoms with E-state index in [-0.39, 0.29) is 24.7 Å². The summed E-state index contributed by atoms with van der Waals surface area (Å²) in [5.74, 6) is -0.539. The van der Waals surface area contributed by atoms with Crippen LogP contribution < -0.4 is 5.32 Å². The molecule has 0 aromatic carbocycles. The Balaban J connectivity index is 2.29. The van der Waals surface area contributed by atoms with Crippen LogP contribution in [0.4, 0.5) is 0 Å². The normalized spacial score (nSPS) is 20.4. The Morgan fingerprint density at radius 1 is 1.52 bits per heavy atom. The summed E-state index contributed by atoms with van der Waals surface area (Å²) in [5, 5.41) is 2.97. The van der Waals surface area contributed by atoms with Crippen LogP contribution in [0.3, 0.4) is 0 Å². The Morgan fingerprint density at radius 2 is 2.29 bits per heavy atom. The van der Waals surface area contributed by atoms with Gasteiger partial charge in [-0.2, -0.15) is 4.31 Å². The van der Waals surface area contributed by atoms with Gasteiger partial charge in [0.05, 0.1) is 12.9 Å². The first-order valence-electron chi connectivity index (χ1n) is 6.91. The number of piperazine rings is 1. The van der Waals surface area contributed by atoms with E-state index in [0.29, 0.717) is 13.1 Å². The number of hydrogen-bond donors (Lipinski definition) is 1. The summed E-state index contributed by atoms with van der Waals surface area (Å²) in [4.78, 5) is 15.9. The molecule has 1 aromatic heterocycles. The molecular weight excluding hydrogens is 296 g/mol. The van der Waals surface area contributed by atoms with Gasteiger partial charge in [-0.15, -0.1) is 0 Å². The molecule has 0 radical (unpaired) electrons. The third kappa shape index (κ3) is 3.25. The van der Waals surface area contributed by atoms with E-state index in [1.807, 2.05) is 6.92 Å². The van der Waals surface area contributed by atoms with E-state index in [1.54, 1.807) is 11.5 Å². The van der Waals surface area contributed by atoms with Crippen molar-refractivity contribution >= 4 is 16.0 Å². The number of rotatable bonds is 5. The molecule has 1 aliphatic heterocycles. The monoisotopic (exact) mass is 316 g/mol. The second-order valence-corrected chi connectivity index (χ2v) is 6.47. The number of imidazole rings is 1. The molecule has 1 N–H and O–H groups in total. The molecule has 8 nitrogen and oxygen atoms in total. The molecule has 21 heavy (non-hydrogen) atoms. The van der Waals surface area contributed by atoms with Crippen LogP contribution in [0.2, 0.25) is 0 Å². The van der Waals surface area contributed by atoms with Crippen molar-refractivity contribution in [2.75, 3.05) is 26.2 Å². The van der Waals surface area contributed by atoms with Gasteiger partial charge >= 0.3 is 5.97 Å². The Labute approximate surface area is 124 Å². The molecule has 1 saturated heterocycles. The summed E-state index contributed by atoms with van der Waals surface area (Å²) < 4.78 is 33.1. The van der Waals surface area contributed by atoms with E-state index in [2.05, 4.69) is 10.3 Å². The Kier molecular flexibility index (Phi) is 4.96. The average Bonchev–Trinajstić information content (AvgIpc) is 2.97. The predicted molar refractivity (Wildman–Crippen MR) is 75.1 cm³/mol. The smallest absolute Gasteiger partial charge is 0.325 e. The lowest BCUT2D eigenvalue weighted by atomic mass is 10.2. The number of carbonyl (C=O) groups is 1. The van der Waals surface area contributed by atoms with E-state index in [4.69, 9.17) is 4.74 Å². The van der Waals surface area contributed by atoms with E-state index < -0.39 is 22.0 Å². The van der Waals surface area contributed by atoms with Crippen molar-refractivity contribution in [2.24, 2.45) is 0 Å². The summed E-state index contributed by atoms with van der Waals surface area (Å²) in [6.07, 6.45) is 2.94. The van der Waals surface area contributed by atoms with Crippen LogP contribution in [0.25, 0.3) is 0 Å². The molecule has 0 spiro atoms. The zero-order valence-electron chi connectivity index (χ0n) is 12.2. The maximum atomic E-state index is 12.7. The topological polar surface area (TPSA) is 93.5 Å². The number of sulfonamides is 1. The number of nitrogens with one attached hydrogen (secondary N) is 1. The number of aryl methyl sites for hydroxylation is 1. The van der Waals surface area contributed by atoms with E-state index in [9.17, 15) is 13.2 Å². The van der Waals surface area contributed by atoms with Crippen molar-refractivity contribution < 1.29 is 17.9 Å². The molecule has 118 valence electrons. The van der Waals surface area contributed by atoms with Gasteiger partial charge in [0.25, 0.3) is 10.0 Å². The zero-order valence-corrected chi connectivity index (χ0v) is 13.0. The molecular formula is C12H20N4O4S. The quantitative estimate of drug-likeness (QED) is 0.731. The van der Waals surface area contributed by atoms with Gasteiger partial charge in [0.1, 0.15) is 6.04 Å². The van der Waals surface area contributed by atoms with Crippen molar-refractivity contribution in [1.29, 1.82) is 0 Å². The standard InChI is InChI=1S/C12H20N4O4S/c1-3-15-8-11(14-9-15)21(18,19)16-6-5-13-7-10(16)12(17)20-4-2/h8-10,13H,3-7H2,1-2H3. The molecule has 1 aromatic rings. The third-order valence-electron chi connectivity index (χ3n) is 3.30. The fraction of sp³-hybridized carbons (Fsp3) is 0.667. The van der Waals surface area contributed by atoms with Crippen molar-refractivity contribution in [1.82, 2.24) is 19.2 Å². The van der Waals surface area contributed by atoms with Gasteiger partial charge < -0.3 is 14.6 Å². The van der Waals surface area contributed by atoms with Crippen molar-refractivity contribution in [3.63, 3.8) is 0 Å². The molecule has 9 heteroatoms. The Morgan fingerprint density at radius 3 is 2.90 bits per heavy atom. The minimum Gasteiger partial charge on any atom is -0.465 e. The fourth-order valence-electron chi connectivity index (χ4n) is 2.18. The van der Waals surface area contributed by atoms with Gasteiger partial charge in [-0.3, -0.25) is 4.79 Å². The second kappa shape index (κ2) is 6.54. The minimum absolute atomic E-state index is 0.0412. The number of hydrogen-bond acceptors (Lipinski definition) is 6. The maximum absolute atomic E-state index is 12.7. The number of nitrogens with zero attached hydrogens (tertiary/aromatic N) is 3. The highest BCUT2D eigenvalue weighted by molar-refractivity contribution is 7.89. The molecule has 1 atom stereocenters. The van der Waals surface area contributed by atoms with E-state index in [0.717, 1.165) is 0 Å². The first-order chi connectivity index (χ1) is 10.0. The van der Waals surface area contributed by atoms with Crippen LogP contribution in [-0.4, -0.2) is 60.5 Å². The predicted octanol–water partition coefficient (Wildman–Crippen LogP) is -0.571. The van der Waals surface area contributed by atoms with Crippen LogP contribution in [-0.2, 0) is 26.1 Å². The van der Waals surface area contributed by atoms with Crippen molar-refractivity contribution in [3.8, 4) is 0 Å². The van der Waals surface area contributed by atoms with E-state index in [1.165, 1.54) is 16.8 Å². The molecule has 0 amide bonds. The third-order valence-corrected chi connectivity index (χ3v) is 5.09. The molecule has 2 heterocycles. The van der Waals surface area contributed by atoms with Crippen LogP contribution in [0, 0.1) is 0 Å². The van der Waals surface area contributed by atoms with E-state index >= 15 is 0 Å². The fourth-order valence-corrected chi connectivity index (χ4v) is 3.70. The van der Waals surface area contributed by atoms with Crippen LogP contribution in [0.5, 0.6) is 0 Å². The van der Waals surface area contributed by atoms with Crippen LogP contribution in [0.15, 0.2) is 17.6 Å². The van der Waals surface area contributed by atoms with Gasteiger partial charge in [0.15, 0.2) is 5.03 Å². The number of aromatic nitrogens is 2. The summed E-state index contributed by atoms with van der Waals surface area (Å²) in [5.41, 5.74) is 0. The Bertz CT molecular complexity index is 598. The van der Waals surface area contributed by atoms with Gasteiger partial charge in [-0.25, -0.2) is 13.4 Å². The first-order valence-corrected chi connectivity index (χ1v) is 8.35.